The molecule has 0 spiro atoms. The quantitative estimate of drug-likeness (QED) is 0.724. The van der Waals surface area contributed by atoms with Crippen molar-refractivity contribution in [3.8, 4) is 0 Å². The fourth-order valence-corrected chi connectivity index (χ4v) is 2.17. The first-order chi connectivity index (χ1) is 7.24. The molecule has 0 heterocycles. The number of benzene rings is 1. The van der Waals surface area contributed by atoms with Gasteiger partial charge in [0.05, 0.1) is 6.10 Å². The third-order valence-electron chi connectivity index (χ3n) is 2.58. The molecular weight excluding hydrogens is 208 g/mol. The van der Waals surface area contributed by atoms with E-state index in [2.05, 4.69) is 19.9 Å². The lowest BCUT2D eigenvalue weighted by atomic mass is 9.99. The normalized spacial score (nSPS) is 12.8. The number of ether oxygens (including phenoxy) is 1. The Bertz CT molecular complexity index is 309. The number of hydrogen-bond donors (Lipinski definition) is 0. The lowest BCUT2D eigenvalue weighted by Gasteiger charge is -2.20. The van der Waals surface area contributed by atoms with E-state index in [1.54, 1.807) is 0 Å². The van der Waals surface area contributed by atoms with Crippen LogP contribution >= 0.6 is 11.6 Å². The summed E-state index contributed by atoms with van der Waals surface area (Å²) in [5.41, 5.74) is 2.47. The SMILES string of the molecule is CCOC(CC)c1c(Cl)cccc1CC. The van der Waals surface area contributed by atoms with Gasteiger partial charge in [0.15, 0.2) is 0 Å². The molecule has 0 aliphatic heterocycles. The molecule has 1 nitrogen and oxygen atoms in total. The second-order valence-electron chi connectivity index (χ2n) is 3.52. The molecule has 0 fully saturated rings. The molecule has 1 atom stereocenters. The average molecular weight is 227 g/mol. The first-order valence-corrected chi connectivity index (χ1v) is 6.01. The van der Waals surface area contributed by atoms with E-state index >= 15 is 0 Å². The van der Waals surface area contributed by atoms with Crippen molar-refractivity contribution in [1.82, 2.24) is 0 Å². The van der Waals surface area contributed by atoms with Gasteiger partial charge in [-0.05, 0) is 31.4 Å². The molecule has 0 N–H and O–H groups in total. The highest BCUT2D eigenvalue weighted by Crippen LogP contribution is 2.31. The van der Waals surface area contributed by atoms with Crippen LogP contribution in [-0.2, 0) is 11.2 Å². The van der Waals surface area contributed by atoms with Crippen molar-refractivity contribution in [2.24, 2.45) is 0 Å². The first-order valence-electron chi connectivity index (χ1n) is 5.63. The summed E-state index contributed by atoms with van der Waals surface area (Å²) >= 11 is 6.24. The molecule has 0 saturated carbocycles. The Kier molecular flexibility index (Phi) is 5.13. The molecule has 1 aromatic carbocycles. The van der Waals surface area contributed by atoms with Gasteiger partial charge in [-0.25, -0.2) is 0 Å². The number of aryl methyl sites for hydroxylation is 1. The Morgan fingerprint density at radius 1 is 1.27 bits per heavy atom. The van der Waals surface area contributed by atoms with Gasteiger partial charge in [-0.1, -0.05) is 37.6 Å². The van der Waals surface area contributed by atoms with Crippen molar-refractivity contribution < 1.29 is 4.74 Å². The van der Waals surface area contributed by atoms with Crippen LogP contribution in [0.2, 0.25) is 5.02 Å². The highest BCUT2D eigenvalue weighted by molar-refractivity contribution is 6.31. The zero-order valence-corrected chi connectivity index (χ0v) is 10.5. The van der Waals surface area contributed by atoms with Crippen LogP contribution in [0, 0.1) is 0 Å². The zero-order valence-electron chi connectivity index (χ0n) is 9.72. The van der Waals surface area contributed by atoms with Crippen LogP contribution in [0.4, 0.5) is 0 Å². The summed E-state index contributed by atoms with van der Waals surface area (Å²) in [5, 5.41) is 0.828. The Labute approximate surface area is 97.4 Å². The second-order valence-corrected chi connectivity index (χ2v) is 3.93. The molecule has 1 aromatic rings. The summed E-state index contributed by atoms with van der Waals surface area (Å²) in [6, 6.07) is 6.07. The molecule has 0 amide bonds. The van der Waals surface area contributed by atoms with Gasteiger partial charge in [0.1, 0.15) is 0 Å². The molecule has 1 unspecified atom stereocenters. The van der Waals surface area contributed by atoms with Crippen LogP contribution in [0.5, 0.6) is 0 Å². The molecule has 84 valence electrons. The van der Waals surface area contributed by atoms with E-state index in [1.807, 2.05) is 19.1 Å². The zero-order chi connectivity index (χ0) is 11.3. The summed E-state index contributed by atoms with van der Waals surface area (Å²) in [6.07, 6.45) is 2.10. The summed E-state index contributed by atoms with van der Waals surface area (Å²) in [5.74, 6) is 0. The minimum atomic E-state index is 0.138. The Morgan fingerprint density at radius 3 is 2.53 bits per heavy atom. The van der Waals surface area contributed by atoms with Crippen LogP contribution in [0.25, 0.3) is 0 Å². The predicted octanol–water partition coefficient (Wildman–Crippen LogP) is 4.39. The molecule has 0 aliphatic carbocycles. The van der Waals surface area contributed by atoms with Crippen LogP contribution in [-0.4, -0.2) is 6.61 Å². The smallest absolute Gasteiger partial charge is 0.0839 e. The third kappa shape index (κ3) is 2.96. The van der Waals surface area contributed by atoms with Crippen molar-refractivity contribution in [1.29, 1.82) is 0 Å². The number of rotatable bonds is 5. The molecule has 0 radical (unpaired) electrons. The summed E-state index contributed by atoms with van der Waals surface area (Å²) in [4.78, 5) is 0. The van der Waals surface area contributed by atoms with Crippen LogP contribution < -0.4 is 0 Å². The topological polar surface area (TPSA) is 9.23 Å². The summed E-state index contributed by atoms with van der Waals surface area (Å²) in [6.45, 7) is 7.02. The van der Waals surface area contributed by atoms with Gasteiger partial charge >= 0.3 is 0 Å². The monoisotopic (exact) mass is 226 g/mol. The second kappa shape index (κ2) is 6.14. The molecule has 0 aromatic heterocycles. The summed E-state index contributed by atoms with van der Waals surface area (Å²) in [7, 11) is 0. The molecule has 0 bridgehead atoms. The van der Waals surface area contributed by atoms with E-state index in [9.17, 15) is 0 Å². The Morgan fingerprint density at radius 2 is 2.00 bits per heavy atom. The van der Waals surface area contributed by atoms with E-state index in [1.165, 1.54) is 11.1 Å². The fraction of sp³-hybridized carbons (Fsp3) is 0.538. The van der Waals surface area contributed by atoms with Gasteiger partial charge in [0, 0.05) is 17.2 Å². The minimum absolute atomic E-state index is 0.138. The van der Waals surface area contributed by atoms with Crippen molar-refractivity contribution in [2.45, 2.75) is 39.7 Å². The van der Waals surface area contributed by atoms with Gasteiger partial charge in [0.2, 0.25) is 0 Å². The maximum Gasteiger partial charge on any atom is 0.0839 e. The first kappa shape index (κ1) is 12.5. The van der Waals surface area contributed by atoms with Gasteiger partial charge in [-0.15, -0.1) is 0 Å². The molecular formula is C13H19ClO. The van der Waals surface area contributed by atoms with Crippen molar-refractivity contribution in [3.63, 3.8) is 0 Å². The maximum atomic E-state index is 6.24. The van der Waals surface area contributed by atoms with Gasteiger partial charge in [0.25, 0.3) is 0 Å². The van der Waals surface area contributed by atoms with Crippen LogP contribution in [0.1, 0.15) is 44.4 Å². The molecule has 15 heavy (non-hydrogen) atoms. The average Bonchev–Trinajstić information content (AvgIpc) is 2.26. The lowest BCUT2D eigenvalue weighted by Crippen LogP contribution is -2.06. The third-order valence-corrected chi connectivity index (χ3v) is 2.91. The van der Waals surface area contributed by atoms with Crippen LogP contribution in [0.3, 0.4) is 0 Å². The largest absolute Gasteiger partial charge is 0.374 e. The summed E-state index contributed by atoms with van der Waals surface area (Å²) < 4.78 is 5.72. The van der Waals surface area contributed by atoms with Crippen molar-refractivity contribution in [3.05, 3.63) is 34.3 Å². The van der Waals surface area contributed by atoms with Crippen molar-refractivity contribution in [2.75, 3.05) is 6.61 Å². The standard InChI is InChI=1S/C13H19ClO/c1-4-10-8-7-9-11(14)13(10)12(5-2)15-6-3/h7-9,12H,4-6H2,1-3H3. The Hall–Kier alpha value is -0.530. The van der Waals surface area contributed by atoms with Gasteiger partial charge in [-0.3, -0.25) is 0 Å². The minimum Gasteiger partial charge on any atom is -0.374 e. The lowest BCUT2D eigenvalue weighted by molar-refractivity contribution is 0.0593. The van der Waals surface area contributed by atoms with Crippen molar-refractivity contribution >= 4 is 11.6 Å². The Balaban J connectivity index is 3.08. The number of halogens is 1. The molecule has 0 saturated heterocycles. The highest BCUT2D eigenvalue weighted by Gasteiger charge is 2.15. The van der Waals surface area contributed by atoms with E-state index in [4.69, 9.17) is 16.3 Å². The molecule has 1 rings (SSSR count). The predicted molar refractivity (Wildman–Crippen MR) is 65.5 cm³/mol. The maximum absolute atomic E-state index is 6.24. The van der Waals surface area contributed by atoms with Gasteiger partial charge in [-0.2, -0.15) is 0 Å². The molecule has 0 aliphatic rings. The molecule has 2 heteroatoms. The highest BCUT2D eigenvalue weighted by atomic mass is 35.5. The van der Waals surface area contributed by atoms with E-state index in [-0.39, 0.29) is 6.10 Å². The van der Waals surface area contributed by atoms with Gasteiger partial charge < -0.3 is 4.74 Å². The van der Waals surface area contributed by atoms with E-state index < -0.39 is 0 Å². The van der Waals surface area contributed by atoms with E-state index in [0.717, 1.165) is 24.5 Å². The van der Waals surface area contributed by atoms with E-state index in [0.29, 0.717) is 0 Å². The fourth-order valence-electron chi connectivity index (χ4n) is 1.86. The number of hydrogen-bond acceptors (Lipinski definition) is 1. The van der Waals surface area contributed by atoms with Crippen LogP contribution in [0.15, 0.2) is 18.2 Å².